The molecule has 0 aromatic heterocycles. The van der Waals surface area contributed by atoms with E-state index < -0.39 is 28.0 Å². The van der Waals surface area contributed by atoms with Crippen LogP contribution in [-0.2, 0) is 10.0 Å². The Bertz CT molecular complexity index is 782. The van der Waals surface area contributed by atoms with E-state index in [2.05, 4.69) is 0 Å². The number of nitrogens with zero attached hydrogens (tertiary/aromatic N) is 1. The van der Waals surface area contributed by atoms with E-state index in [-0.39, 0.29) is 23.7 Å². The Balaban J connectivity index is 1.76. The minimum absolute atomic E-state index is 0.00884. The summed E-state index contributed by atoms with van der Waals surface area (Å²) in [5, 5.41) is 10.1. The predicted octanol–water partition coefficient (Wildman–Crippen LogP) is 1.64. The van der Waals surface area contributed by atoms with Crippen LogP contribution in [0.25, 0.3) is 0 Å². The van der Waals surface area contributed by atoms with Crippen molar-refractivity contribution in [1.29, 1.82) is 0 Å². The zero-order valence-corrected chi connectivity index (χ0v) is 13.0. The van der Waals surface area contributed by atoms with Crippen LogP contribution in [0.3, 0.4) is 0 Å². The zero-order chi connectivity index (χ0) is 16.4. The SMILES string of the molecule is O=S(=O)(c1ccccc1)N1C[C@@H](O)[C@H](Oc2cccc(F)c2)C1. The first kappa shape index (κ1) is 15.9. The normalized spacial score (nSPS) is 22.2. The molecule has 0 saturated carbocycles. The molecule has 1 fully saturated rings. The lowest BCUT2D eigenvalue weighted by atomic mass is 10.2. The van der Waals surface area contributed by atoms with Crippen LogP contribution in [0.5, 0.6) is 5.75 Å². The highest BCUT2D eigenvalue weighted by atomic mass is 32.2. The summed E-state index contributed by atoms with van der Waals surface area (Å²) in [6.07, 6.45) is -1.72. The first-order valence-electron chi connectivity index (χ1n) is 7.12. The number of ether oxygens (including phenoxy) is 1. The highest BCUT2D eigenvalue weighted by Crippen LogP contribution is 2.24. The molecule has 0 unspecified atom stereocenters. The fourth-order valence-corrected chi connectivity index (χ4v) is 3.98. The first-order valence-corrected chi connectivity index (χ1v) is 8.56. The molecule has 2 aromatic rings. The lowest BCUT2D eigenvalue weighted by molar-refractivity contribution is 0.0735. The Labute approximate surface area is 134 Å². The maximum atomic E-state index is 13.2. The molecule has 7 heteroatoms. The van der Waals surface area contributed by atoms with Gasteiger partial charge in [0.05, 0.1) is 11.4 Å². The second-order valence-electron chi connectivity index (χ2n) is 5.32. The van der Waals surface area contributed by atoms with Gasteiger partial charge in [0, 0.05) is 12.6 Å². The van der Waals surface area contributed by atoms with Gasteiger partial charge in [-0.1, -0.05) is 24.3 Å². The van der Waals surface area contributed by atoms with Gasteiger partial charge >= 0.3 is 0 Å². The third-order valence-corrected chi connectivity index (χ3v) is 5.51. The number of benzene rings is 2. The van der Waals surface area contributed by atoms with E-state index in [0.29, 0.717) is 0 Å². The average molecular weight is 337 g/mol. The molecule has 2 atom stereocenters. The van der Waals surface area contributed by atoms with Crippen molar-refractivity contribution in [2.24, 2.45) is 0 Å². The Morgan fingerprint density at radius 2 is 1.83 bits per heavy atom. The Morgan fingerprint density at radius 1 is 1.09 bits per heavy atom. The molecule has 0 bridgehead atoms. The van der Waals surface area contributed by atoms with E-state index in [9.17, 15) is 17.9 Å². The molecule has 1 aliphatic rings. The van der Waals surface area contributed by atoms with Gasteiger partial charge in [-0.15, -0.1) is 0 Å². The maximum absolute atomic E-state index is 13.2. The van der Waals surface area contributed by atoms with Crippen LogP contribution < -0.4 is 4.74 Å². The molecular weight excluding hydrogens is 321 g/mol. The molecule has 1 N–H and O–H groups in total. The van der Waals surface area contributed by atoms with Crippen LogP contribution >= 0.6 is 0 Å². The molecule has 0 aliphatic carbocycles. The molecule has 122 valence electrons. The second kappa shape index (κ2) is 6.27. The van der Waals surface area contributed by atoms with Crippen molar-refractivity contribution in [2.75, 3.05) is 13.1 Å². The number of sulfonamides is 1. The van der Waals surface area contributed by atoms with Gasteiger partial charge in [0.15, 0.2) is 0 Å². The first-order chi connectivity index (χ1) is 11.0. The van der Waals surface area contributed by atoms with Crippen molar-refractivity contribution in [1.82, 2.24) is 4.31 Å². The van der Waals surface area contributed by atoms with E-state index in [4.69, 9.17) is 4.74 Å². The molecule has 5 nitrogen and oxygen atoms in total. The van der Waals surface area contributed by atoms with Crippen LogP contribution in [0.1, 0.15) is 0 Å². The van der Waals surface area contributed by atoms with Crippen LogP contribution in [0, 0.1) is 5.82 Å². The summed E-state index contributed by atoms with van der Waals surface area (Å²) in [5.74, 6) is -0.197. The largest absolute Gasteiger partial charge is 0.486 e. The standard InChI is InChI=1S/C16H16FNO4S/c17-12-5-4-6-13(9-12)22-16-11-18(10-15(16)19)23(20,21)14-7-2-1-3-8-14/h1-9,15-16,19H,10-11H2/t15-,16-/m1/s1. The number of hydrogen-bond acceptors (Lipinski definition) is 4. The molecule has 1 heterocycles. The smallest absolute Gasteiger partial charge is 0.243 e. The van der Waals surface area contributed by atoms with Crippen molar-refractivity contribution in [3.8, 4) is 5.75 Å². The maximum Gasteiger partial charge on any atom is 0.243 e. The Kier molecular flexibility index (Phi) is 4.34. The predicted molar refractivity (Wildman–Crippen MR) is 82.0 cm³/mol. The van der Waals surface area contributed by atoms with E-state index in [1.807, 2.05) is 0 Å². The zero-order valence-electron chi connectivity index (χ0n) is 12.2. The highest BCUT2D eigenvalue weighted by Gasteiger charge is 2.39. The molecule has 0 amide bonds. The quantitative estimate of drug-likeness (QED) is 0.921. The summed E-state index contributed by atoms with van der Waals surface area (Å²) in [5.41, 5.74) is 0. The number of β-amino-alcohol motifs (C(OH)–C–C–N with tert-alkyl or cyclic N) is 1. The van der Waals surface area contributed by atoms with Gasteiger partial charge in [-0.05, 0) is 24.3 Å². The minimum Gasteiger partial charge on any atom is -0.486 e. The average Bonchev–Trinajstić information content (AvgIpc) is 2.90. The van der Waals surface area contributed by atoms with Crippen molar-refractivity contribution in [2.45, 2.75) is 17.1 Å². The molecule has 0 spiro atoms. The third kappa shape index (κ3) is 3.36. The van der Waals surface area contributed by atoms with Crippen molar-refractivity contribution < 1.29 is 22.7 Å². The van der Waals surface area contributed by atoms with Crippen LogP contribution in [0.4, 0.5) is 4.39 Å². The third-order valence-electron chi connectivity index (χ3n) is 3.67. The summed E-state index contributed by atoms with van der Waals surface area (Å²) < 4.78 is 45.0. The van der Waals surface area contributed by atoms with Gasteiger partial charge in [-0.2, -0.15) is 4.31 Å². The molecule has 2 aromatic carbocycles. The van der Waals surface area contributed by atoms with Gasteiger partial charge < -0.3 is 9.84 Å². The van der Waals surface area contributed by atoms with Gasteiger partial charge in [0.25, 0.3) is 0 Å². The summed E-state index contributed by atoms with van der Waals surface area (Å²) in [6.45, 7) is -0.0495. The molecule has 23 heavy (non-hydrogen) atoms. The van der Waals surface area contributed by atoms with E-state index in [1.54, 1.807) is 24.3 Å². The van der Waals surface area contributed by atoms with Crippen LogP contribution in [0.2, 0.25) is 0 Å². The summed E-state index contributed by atoms with van der Waals surface area (Å²) in [6, 6.07) is 13.5. The number of halogens is 1. The summed E-state index contributed by atoms with van der Waals surface area (Å²) >= 11 is 0. The number of aliphatic hydroxyl groups is 1. The van der Waals surface area contributed by atoms with Crippen LogP contribution in [0.15, 0.2) is 59.5 Å². The minimum atomic E-state index is -3.69. The lowest BCUT2D eigenvalue weighted by Gasteiger charge is -2.17. The second-order valence-corrected chi connectivity index (χ2v) is 7.25. The molecule has 1 aliphatic heterocycles. The van der Waals surface area contributed by atoms with E-state index in [1.165, 1.54) is 34.6 Å². The Hall–Kier alpha value is -1.96. The monoisotopic (exact) mass is 337 g/mol. The Morgan fingerprint density at radius 3 is 2.52 bits per heavy atom. The molecule has 0 radical (unpaired) electrons. The molecule has 1 saturated heterocycles. The van der Waals surface area contributed by atoms with Gasteiger partial charge in [0.1, 0.15) is 23.8 Å². The van der Waals surface area contributed by atoms with Crippen LogP contribution in [-0.4, -0.2) is 43.1 Å². The van der Waals surface area contributed by atoms with Crippen molar-refractivity contribution in [3.05, 3.63) is 60.4 Å². The number of hydrogen-bond donors (Lipinski definition) is 1. The fourth-order valence-electron chi connectivity index (χ4n) is 2.49. The summed E-state index contributed by atoms with van der Waals surface area (Å²) in [4.78, 5) is 0.165. The summed E-state index contributed by atoms with van der Waals surface area (Å²) in [7, 11) is -3.69. The van der Waals surface area contributed by atoms with Gasteiger partial charge in [0.2, 0.25) is 10.0 Å². The van der Waals surface area contributed by atoms with E-state index >= 15 is 0 Å². The van der Waals surface area contributed by atoms with Crippen molar-refractivity contribution >= 4 is 10.0 Å². The van der Waals surface area contributed by atoms with Gasteiger partial charge in [-0.3, -0.25) is 0 Å². The molecule has 3 rings (SSSR count). The number of aliphatic hydroxyl groups excluding tert-OH is 1. The molecular formula is C16H16FNO4S. The number of rotatable bonds is 4. The fraction of sp³-hybridized carbons (Fsp3) is 0.250. The highest BCUT2D eigenvalue weighted by molar-refractivity contribution is 7.89. The van der Waals surface area contributed by atoms with Crippen molar-refractivity contribution in [3.63, 3.8) is 0 Å². The van der Waals surface area contributed by atoms with Gasteiger partial charge in [-0.25, -0.2) is 12.8 Å². The lowest BCUT2D eigenvalue weighted by Crippen LogP contribution is -2.31. The topological polar surface area (TPSA) is 66.8 Å². The van der Waals surface area contributed by atoms with E-state index in [0.717, 1.165) is 0 Å².